The van der Waals surface area contributed by atoms with Crippen molar-refractivity contribution in [3.05, 3.63) is 11.4 Å². The van der Waals surface area contributed by atoms with E-state index in [4.69, 9.17) is 0 Å². The number of halogens is 5. The molecule has 1 rings (SSSR count). The van der Waals surface area contributed by atoms with Crippen LogP contribution in [0.25, 0.3) is 0 Å². The van der Waals surface area contributed by atoms with Gasteiger partial charge >= 0.3 is 12.1 Å². The van der Waals surface area contributed by atoms with Gasteiger partial charge in [0, 0.05) is 7.05 Å². The molecule has 0 atom stereocenters. The summed E-state index contributed by atoms with van der Waals surface area (Å²) >= 11 is 0. The third-order valence-electron chi connectivity index (χ3n) is 2.08. The zero-order valence-corrected chi connectivity index (χ0v) is 8.65. The quantitative estimate of drug-likeness (QED) is 0.763. The van der Waals surface area contributed by atoms with E-state index in [2.05, 4.69) is 10.3 Å². The van der Waals surface area contributed by atoms with E-state index in [0.29, 0.717) is 6.42 Å². The van der Waals surface area contributed by atoms with Crippen LogP contribution in [-0.4, -0.2) is 21.2 Å². The first-order chi connectivity index (χ1) is 7.21. The Balaban J connectivity index is 3.22. The van der Waals surface area contributed by atoms with Crippen LogP contribution in [0.4, 0.5) is 22.0 Å². The Morgan fingerprint density at radius 1 is 1.19 bits per heavy atom. The van der Waals surface area contributed by atoms with Crippen LogP contribution in [0, 0.1) is 0 Å². The van der Waals surface area contributed by atoms with Gasteiger partial charge < -0.3 is 0 Å². The Hall–Kier alpha value is -1.21. The summed E-state index contributed by atoms with van der Waals surface area (Å²) in [5.41, 5.74) is -1.49. The highest BCUT2D eigenvalue weighted by molar-refractivity contribution is 5.18. The van der Waals surface area contributed by atoms with Gasteiger partial charge in [0.25, 0.3) is 0 Å². The molecule has 0 fully saturated rings. The van der Waals surface area contributed by atoms with E-state index >= 15 is 0 Å². The van der Waals surface area contributed by atoms with Gasteiger partial charge in [-0.15, -0.1) is 5.10 Å². The molecule has 0 saturated heterocycles. The molecule has 1 heterocycles. The molecule has 3 nitrogen and oxygen atoms in total. The minimum atomic E-state index is -5.65. The van der Waals surface area contributed by atoms with E-state index in [0.717, 1.165) is 4.68 Å². The molecular weight excluding hydrogens is 233 g/mol. The van der Waals surface area contributed by atoms with Gasteiger partial charge in [0.2, 0.25) is 0 Å². The number of rotatable bonds is 3. The molecule has 1 aromatic heterocycles. The zero-order chi connectivity index (χ0) is 12.6. The Morgan fingerprint density at radius 3 is 2.19 bits per heavy atom. The highest BCUT2D eigenvalue weighted by atomic mass is 19.4. The monoisotopic (exact) mass is 243 g/mol. The third kappa shape index (κ3) is 2.00. The molecule has 0 aliphatic rings. The maximum Gasteiger partial charge on any atom is 0.459 e. The lowest BCUT2D eigenvalue weighted by molar-refractivity contribution is -0.291. The average Bonchev–Trinajstić information content (AvgIpc) is 2.47. The van der Waals surface area contributed by atoms with Gasteiger partial charge in [-0.3, -0.25) is 4.68 Å². The van der Waals surface area contributed by atoms with Crippen LogP contribution in [0.1, 0.15) is 24.7 Å². The molecule has 0 unspecified atom stereocenters. The van der Waals surface area contributed by atoms with E-state index < -0.39 is 17.8 Å². The zero-order valence-electron chi connectivity index (χ0n) is 8.65. The minimum Gasteiger partial charge on any atom is -0.252 e. The molecule has 0 bridgehead atoms. The molecule has 92 valence electrons. The largest absolute Gasteiger partial charge is 0.459 e. The van der Waals surface area contributed by atoms with E-state index in [1.807, 2.05) is 0 Å². The fourth-order valence-corrected chi connectivity index (χ4v) is 1.27. The Morgan fingerprint density at radius 2 is 1.75 bits per heavy atom. The molecule has 0 N–H and O–H groups in total. The van der Waals surface area contributed by atoms with Crippen LogP contribution >= 0.6 is 0 Å². The minimum absolute atomic E-state index is 0.0739. The van der Waals surface area contributed by atoms with Crippen LogP contribution in [0.2, 0.25) is 0 Å². The number of aromatic nitrogens is 3. The summed E-state index contributed by atoms with van der Waals surface area (Å²) in [7, 11) is 1.29. The van der Waals surface area contributed by atoms with Crippen LogP contribution in [0.3, 0.4) is 0 Å². The summed E-state index contributed by atoms with van der Waals surface area (Å²) in [5, 5.41) is 6.12. The van der Waals surface area contributed by atoms with Crippen LogP contribution in [0.15, 0.2) is 0 Å². The Bertz CT molecular complexity index is 368. The topological polar surface area (TPSA) is 30.7 Å². The molecule has 1 aromatic rings. The van der Waals surface area contributed by atoms with Crippen molar-refractivity contribution in [2.75, 3.05) is 0 Å². The van der Waals surface area contributed by atoms with Gasteiger partial charge in [-0.1, -0.05) is 18.6 Å². The molecule has 0 aliphatic carbocycles. The number of hydrogen-bond donors (Lipinski definition) is 0. The standard InChI is InChI=1S/C8H10F5N3/c1-3-4-5-6(14-15-16(5)2)7(9,10)8(11,12)13/h3-4H2,1-2H3. The van der Waals surface area contributed by atoms with Crippen LogP contribution in [0.5, 0.6) is 0 Å². The molecule has 8 heteroatoms. The summed E-state index contributed by atoms with van der Waals surface area (Å²) < 4.78 is 63.3. The second kappa shape index (κ2) is 3.99. The summed E-state index contributed by atoms with van der Waals surface area (Å²) in [6.45, 7) is 1.67. The van der Waals surface area contributed by atoms with Crippen molar-refractivity contribution >= 4 is 0 Å². The second-order valence-electron chi connectivity index (χ2n) is 3.33. The van der Waals surface area contributed by atoms with Gasteiger partial charge in [-0.25, -0.2) is 0 Å². The van der Waals surface area contributed by atoms with Gasteiger partial charge in [0.1, 0.15) is 0 Å². The smallest absolute Gasteiger partial charge is 0.252 e. The van der Waals surface area contributed by atoms with E-state index in [-0.39, 0.29) is 12.1 Å². The molecule has 0 aliphatic heterocycles. The van der Waals surface area contributed by atoms with E-state index in [1.54, 1.807) is 6.92 Å². The summed E-state index contributed by atoms with van der Waals surface area (Å²) in [6.07, 6.45) is -5.14. The number of aryl methyl sites for hydroxylation is 1. The van der Waals surface area contributed by atoms with Crippen molar-refractivity contribution in [2.24, 2.45) is 7.05 Å². The van der Waals surface area contributed by atoms with Crippen LogP contribution in [-0.2, 0) is 19.4 Å². The van der Waals surface area contributed by atoms with Crippen molar-refractivity contribution in [1.29, 1.82) is 0 Å². The van der Waals surface area contributed by atoms with Crippen molar-refractivity contribution < 1.29 is 22.0 Å². The Labute approximate surface area is 88.2 Å². The fourth-order valence-electron chi connectivity index (χ4n) is 1.27. The first kappa shape index (κ1) is 12.9. The maximum atomic E-state index is 13.0. The van der Waals surface area contributed by atoms with Crippen molar-refractivity contribution in [1.82, 2.24) is 15.0 Å². The predicted octanol–water partition coefficient (Wildman–Crippen LogP) is 2.42. The highest BCUT2D eigenvalue weighted by Crippen LogP contribution is 2.44. The molecule has 0 aromatic carbocycles. The van der Waals surface area contributed by atoms with E-state index in [1.165, 1.54) is 7.05 Å². The number of nitrogens with zero attached hydrogens (tertiary/aromatic N) is 3. The molecule has 0 spiro atoms. The summed E-state index contributed by atoms with van der Waals surface area (Å²) in [5.74, 6) is -4.95. The molecule has 0 radical (unpaired) electrons. The highest BCUT2D eigenvalue weighted by Gasteiger charge is 2.61. The Kier molecular flexibility index (Phi) is 3.20. The summed E-state index contributed by atoms with van der Waals surface area (Å²) in [4.78, 5) is 0. The first-order valence-corrected chi connectivity index (χ1v) is 4.55. The third-order valence-corrected chi connectivity index (χ3v) is 2.08. The lowest BCUT2D eigenvalue weighted by atomic mass is 10.1. The number of alkyl halides is 5. The lowest BCUT2D eigenvalue weighted by Gasteiger charge is -2.18. The van der Waals surface area contributed by atoms with E-state index in [9.17, 15) is 22.0 Å². The number of hydrogen-bond acceptors (Lipinski definition) is 2. The SMILES string of the molecule is CCCc1c(C(F)(F)C(F)(F)F)nnn1C. The predicted molar refractivity (Wildman–Crippen MR) is 44.9 cm³/mol. The average molecular weight is 243 g/mol. The molecule has 16 heavy (non-hydrogen) atoms. The van der Waals surface area contributed by atoms with Crippen LogP contribution < -0.4 is 0 Å². The van der Waals surface area contributed by atoms with Gasteiger partial charge in [-0.05, 0) is 6.42 Å². The first-order valence-electron chi connectivity index (χ1n) is 4.55. The maximum absolute atomic E-state index is 13.0. The van der Waals surface area contributed by atoms with Gasteiger partial charge in [0.05, 0.1) is 5.69 Å². The molecule has 0 amide bonds. The molecule has 0 saturated carbocycles. The second-order valence-corrected chi connectivity index (χ2v) is 3.33. The summed E-state index contributed by atoms with van der Waals surface area (Å²) in [6, 6.07) is 0. The fraction of sp³-hybridized carbons (Fsp3) is 0.750. The molecular formula is C8H10F5N3. The van der Waals surface area contributed by atoms with Crippen molar-refractivity contribution in [3.8, 4) is 0 Å². The van der Waals surface area contributed by atoms with Crippen molar-refractivity contribution in [2.45, 2.75) is 31.9 Å². The normalized spacial score (nSPS) is 13.2. The van der Waals surface area contributed by atoms with Crippen molar-refractivity contribution in [3.63, 3.8) is 0 Å². The lowest BCUT2D eigenvalue weighted by Crippen LogP contribution is -2.35. The van der Waals surface area contributed by atoms with Gasteiger partial charge in [0.15, 0.2) is 5.69 Å². The van der Waals surface area contributed by atoms with Gasteiger partial charge in [-0.2, -0.15) is 22.0 Å².